The van der Waals surface area contributed by atoms with Crippen LogP contribution in [0.4, 0.5) is 11.9 Å². The van der Waals surface area contributed by atoms with Gasteiger partial charge in [0.15, 0.2) is 0 Å². The molecule has 0 fully saturated rings. The van der Waals surface area contributed by atoms with Gasteiger partial charge in [-0.1, -0.05) is 24.3 Å². The lowest BCUT2D eigenvalue weighted by Gasteiger charge is -2.10. The van der Waals surface area contributed by atoms with Gasteiger partial charge in [0.25, 0.3) is 11.8 Å². The highest BCUT2D eigenvalue weighted by molar-refractivity contribution is 6.04. The Balaban J connectivity index is 1.28. The van der Waals surface area contributed by atoms with Crippen molar-refractivity contribution in [2.24, 2.45) is 0 Å². The quantitative estimate of drug-likeness (QED) is 0.169. The molecule has 14 heteroatoms. The van der Waals surface area contributed by atoms with Gasteiger partial charge in [-0.15, -0.1) is 0 Å². The van der Waals surface area contributed by atoms with Gasteiger partial charge in [0, 0.05) is 26.2 Å². The van der Waals surface area contributed by atoms with Crippen molar-refractivity contribution in [2.75, 3.05) is 10.6 Å². The van der Waals surface area contributed by atoms with Crippen molar-refractivity contribution in [3.8, 4) is 0 Å². The molecule has 0 atom stereocenters. The Labute approximate surface area is 269 Å². The summed E-state index contributed by atoms with van der Waals surface area (Å²) >= 11 is 0. The third kappa shape index (κ3) is 6.12. The van der Waals surface area contributed by atoms with Gasteiger partial charge in [-0.3, -0.25) is 29.6 Å². The normalized spacial score (nSPS) is 11.6. The number of carbonyl (C=O) groups is 3. The average molecular weight is 635 g/mol. The lowest BCUT2D eigenvalue weighted by Crippen LogP contribution is -2.20. The third-order valence-electron chi connectivity index (χ3n) is 7.71. The summed E-state index contributed by atoms with van der Waals surface area (Å²) in [7, 11) is 0. The molecule has 0 spiro atoms. The molecule has 6 aromatic rings. The van der Waals surface area contributed by atoms with Crippen LogP contribution < -0.4 is 10.6 Å². The van der Waals surface area contributed by atoms with Crippen LogP contribution in [0.1, 0.15) is 56.6 Å². The number of aromatic nitrogens is 8. The van der Waals surface area contributed by atoms with Crippen molar-refractivity contribution in [3.63, 3.8) is 0 Å². The maximum Gasteiger partial charge on any atom is 0.335 e. The summed E-state index contributed by atoms with van der Waals surface area (Å²) in [4.78, 5) is 47.4. The van der Waals surface area contributed by atoms with E-state index in [1.807, 2.05) is 68.7 Å². The van der Waals surface area contributed by atoms with Gasteiger partial charge in [-0.2, -0.15) is 10.2 Å². The summed E-state index contributed by atoms with van der Waals surface area (Å²) in [5.74, 6) is -1.09. The van der Waals surface area contributed by atoms with E-state index in [0.29, 0.717) is 60.2 Å². The summed E-state index contributed by atoms with van der Waals surface area (Å²) < 4.78 is 6.98. The fourth-order valence-electron chi connectivity index (χ4n) is 5.53. The molecule has 14 nitrogen and oxygen atoms in total. The zero-order valence-corrected chi connectivity index (χ0v) is 26.4. The highest BCUT2D eigenvalue weighted by atomic mass is 16.4. The van der Waals surface area contributed by atoms with Gasteiger partial charge >= 0.3 is 5.97 Å². The van der Waals surface area contributed by atoms with Crippen LogP contribution >= 0.6 is 0 Å². The second-order valence-corrected chi connectivity index (χ2v) is 10.9. The number of anilines is 2. The summed E-state index contributed by atoms with van der Waals surface area (Å²) in [6.07, 6.45) is 3.85. The zero-order valence-electron chi connectivity index (χ0n) is 26.4. The number of carboxylic acid groups (broad SMARTS) is 1. The average Bonchev–Trinajstić information content (AvgIpc) is 3.81. The van der Waals surface area contributed by atoms with E-state index in [1.165, 1.54) is 12.1 Å². The Morgan fingerprint density at radius 3 is 1.77 bits per heavy atom. The van der Waals surface area contributed by atoms with Crippen molar-refractivity contribution in [1.82, 2.24) is 38.7 Å². The lowest BCUT2D eigenvalue weighted by molar-refractivity contribution is 0.0696. The van der Waals surface area contributed by atoms with Crippen LogP contribution in [0.3, 0.4) is 0 Å². The Morgan fingerprint density at radius 2 is 1.23 bits per heavy atom. The smallest absolute Gasteiger partial charge is 0.335 e. The first kappa shape index (κ1) is 31.0. The van der Waals surface area contributed by atoms with Crippen LogP contribution in [0.2, 0.25) is 0 Å². The molecule has 0 radical (unpaired) electrons. The number of allylic oxidation sites excluding steroid dienone is 2. The van der Waals surface area contributed by atoms with E-state index in [4.69, 9.17) is 0 Å². The van der Waals surface area contributed by atoms with Crippen molar-refractivity contribution in [3.05, 3.63) is 95.1 Å². The van der Waals surface area contributed by atoms with E-state index in [1.54, 1.807) is 32.1 Å². The highest BCUT2D eigenvalue weighted by Gasteiger charge is 2.20. The molecule has 4 heterocycles. The van der Waals surface area contributed by atoms with Crippen LogP contribution in [0.25, 0.3) is 22.1 Å². The van der Waals surface area contributed by atoms with Crippen molar-refractivity contribution >= 4 is 51.7 Å². The monoisotopic (exact) mass is 634 g/mol. The number of imidazole rings is 2. The molecule has 4 aromatic heterocycles. The van der Waals surface area contributed by atoms with Gasteiger partial charge in [-0.05, 0) is 70.2 Å². The molecule has 0 aliphatic heterocycles. The lowest BCUT2D eigenvalue weighted by atomic mass is 10.2. The number of para-hydroxylation sites is 2. The molecule has 2 amide bonds. The van der Waals surface area contributed by atoms with Crippen LogP contribution in [0, 0.1) is 13.8 Å². The van der Waals surface area contributed by atoms with Crippen molar-refractivity contribution in [1.29, 1.82) is 0 Å². The SMILES string of the molecule is CCn1nc(C)cc1C(=O)Nc1nc2ccccc2n1C/C=C/Cn1c(NC(=O)c2cc(C)nn2CC)nc2cc(C(=O)O)ccc21. The van der Waals surface area contributed by atoms with E-state index < -0.39 is 5.97 Å². The number of aryl methyl sites for hydroxylation is 4. The zero-order chi connectivity index (χ0) is 33.2. The van der Waals surface area contributed by atoms with Crippen LogP contribution in [-0.2, 0) is 26.2 Å². The van der Waals surface area contributed by atoms with Gasteiger partial charge in [-0.25, -0.2) is 14.8 Å². The van der Waals surface area contributed by atoms with Gasteiger partial charge in [0.05, 0.1) is 39.0 Å². The Morgan fingerprint density at radius 1 is 0.723 bits per heavy atom. The number of carbonyl (C=O) groups excluding carboxylic acids is 2. The minimum Gasteiger partial charge on any atom is -0.478 e. The number of nitrogens with one attached hydrogen (secondary N) is 2. The topological polar surface area (TPSA) is 167 Å². The van der Waals surface area contributed by atoms with Crippen molar-refractivity contribution < 1.29 is 19.5 Å². The maximum atomic E-state index is 13.3. The first-order valence-corrected chi connectivity index (χ1v) is 15.2. The van der Waals surface area contributed by atoms with E-state index >= 15 is 0 Å². The number of amides is 2. The predicted octanol–water partition coefficient (Wildman–Crippen LogP) is 4.89. The third-order valence-corrected chi connectivity index (χ3v) is 7.71. The Bertz CT molecular complexity index is 2180. The molecule has 2 aromatic carbocycles. The summed E-state index contributed by atoms with van der Waals surface area (Å²) in [5.41, 5.74) is 5.06. The molecule has 0 unspecified atom stereocenters. The molecule has 0 saturated carbocycles. The number of hydrogen-bond acceptors (Lipinski definition) is 7. The largest absolute Gasteiger partial charge is 0.478 e. The van der Waals surface area contributed by atoms with Crippen LogP contribution in [-0.4, -0.2) is 61.6 Å². The summed E-state index contributed by atoms with van der Waals surface area (Å²) in [6.45, 7) is 9.26. The Hall–Kier alpha value is -6.05. The van der Waals surface area contributed by atoms with Crippen LogP contribution in [0.5, 0.6) is 0 Å². The molecular formula is C33H34N10O4. The Kier molecular flexibility index (Phi) is 8.40. The maximum absolute atomic E-state index is 13.3. The standard InChI is InChI=1S/C33H34N10O4/c1-5-42-27(17-20(3)38-42)29(44)36-32-34-23-11-7-8-12-25(23)40(32)15-9-10-16-41-26-14-13-22(31(46)47)19-24(26)35-33(41)37-30(45)28-18-21(4)39-43(28)6-2/h7-14,17-19H,5-6,15-16H2,1-4H3,(H,46,47)(H,34,36,44)(H,35,37,45)/b10-9+. The number of benzene rings is 2. The number of aromatic carboxylic acids is 1. The number of carboxylic acids is 1. The minimum absolute atomic E-state index is 0.0916. The van der Waals surface area contributed by atoms with E-state index in [9.17, 15) is 19.5 Å². The molecule has 6 rings (SSSR count). The first-order valence-electron chi connectivity index (χ1n) is 15.2. The molecule has 0 bridgehead atoms. The summed E-state index contributed by atoms with van der Waals surface area (Å²) in [6, 6.07) is 15.7. The van der Waals surface area contributed by atoms with E-state index in [2.05, 4.69) is 30.8 Å². The van der Waals surface area contributed by atoms with Crippen LogP contribution in [0.15, 0.2) is 66.7 Å². The second kappa shape index (κ2) is 12.7. The van der Waals surface area contributed by atoms with E-state index in [-0.39, 0.29) is 23.3 Å². The number of rotatable bonds is 11. The van der Waals surface area contributed by atoms with Gasteiger partial charge in [0.2, 0.25) is 11.9 Å². The van der Waals surface area contributed by atoms with E-state index in [0.717, 1.165) is 16.7 Å². The molecular weight excluding hydrogens is 600 g/mol. The molecule has 240 valence electrons. The first-order chi connectivity index (χ1) is 22.7. The molecule has 0 saturated heterocycles. The highest BCUT2D eigenvalue weighted by Crippen LogP contribution is 2.24. The molecule has 0 aliphatic carbocycles. The van der Waals surface area contributed by atoms with Gasteiger partial charge < -0.3 is 14.2 Å². The number of fused-ring (bicyclic) bond motifs is 2. The van der Waals surface area contributed by atoms with Gasteiger partial charge in [0.1, 0.15) is 11.4 Å². The fraction of sp³-hybridized carbons (Fsp3) is 0.242. The van der Waals surface area contributed by atoms with Crippen molar-refractivity contribution in [2.45, 2.75) is 53.9 Å². The second-order valence-electron chi connectivity index (χ2n) is 10.9. The number of nitrogens with zero attached hydrogens (tertiary/aromatic N) is 8. The molecule has 47 heavy (non-hydrogen) atoms. The number of hydrogen-bond donors (Lipinski definition) is 3. The fourth-order valence-corrected chi connectivity index (χ4v) is 5.53. The predicted molar refractivity (Wildman–Crippen MR) is 177 cm³/mol. The molecule has 3 N–H and O–H groups in total. The summed E-state index contributed by atoms with van der Waals surface area (Å²) in [5, 5.41) is 24.1. The molecule has 0 aliphatic rings. The minimum atomic E-state index is -1.07.